The molecule has 70 valence electrons. The predicted molar refractivity (Wildman–Crippen MR) is 50.2 cm³/mol. The molecule has 0 bridgehead atoms. The molecule has 0 aromatic heterocycles. The van der Waals surface area contributed by atoms with Crippen molar-refractivity contribution in [2.24, 2.45) is 0 Å². The third-order valence-corrected chi connectivity index (χ3v) is 2.47. The van der Waals surface area contributed by atoms with E-state index in [9.17, 15) is 9.18 Å². The molecular formula is C8H6ClFO2S. The molecule has 0 saturated carbocycles. The average Bonchev–Trinajstić information content (AvgIpc) is 2.02. The lowest BCUT2D eigenvalue weighted by Gasteiger charge is -2.02. The van der Waals surface area contributed by atoms with Gasteiger partial charge in [-0.25, -0.2) is 9.18 Å². The van der Waals surface area contributed by atoms with E-state index in [1.54, 1.807) is 6.26 Å². The van der Waals surface area contributed by atoms with Crippen LogP contribution < -0.4 is 0 Å². The maximum absolute atomic E-state index is 13.1. The Kier molecular flexibility index (Phi) is 3.17. The van der Waals surface area contributed by atoms with Crippen molar-refractivity contribution in [3.05, 3.63) is 28.5 Å². The van der Waals surface area contributed by atoms with Crippen molar-refractivity contribution in [1.82, 2.24) is 0 Å². The van der Waals surface area contributed by atoms with Crippen LogP contribution in [-0.4, -0.2) is 17.3 Å². The van der Waals surface area contributed by atoms with E-state index >= 15 is 0 Å². The van der Waals surface area contributed by atoms with Gasteiger partial charge in [-0.05, 0) is 18.4 Å². The summed E-state index contributed by atoms with van der Waals surface area (Å²) in [5.41, 5.74) is -0.473. The molecule has 5 heteroatoms. The Morgan fingerprint density at radius 1 is 1.62 bits per heavy atom. The number of aromatic carboxylic acids is 1. The monoisotopic (exact) mass is 220 g/mol. The Hall–Kier alpha value is -0.740. The molecule has 1 aromatic rings. The van der Waals surface area contributed by atoms with Crippen molar-refractivity contribution in [3.8, 4) is 0 Å². The number of thioether (sulfide) groups is 1. The largest absolute Gasteiger partial charge is 0.478 e. The number of benzene rings is 1. The van der Waals surface area contributed by atoms with Crippen LogP contribution in [0.4, 0.5) is 4.39 Å². The Morgan fingerprint density at radius 2 is 2.23 bits per heavy atom. The molecule has 0 radical (unpaired) electrons. The molecule has 2 nitrogen and oxygen atoms in total. The van der Waals surface area contributed by atoms with Crippen LogP contribution in [0.25, 0.3) is 0 Å². The van der Waals surface area contributed by atoms with E-state index < -0.39 is 17.3 Å². The van der Waals surface area contributed by atoms with E-state index in [4.69, 9.17) is 16.7 Å². The average molecular weight is 221 g/mol. The summed E-state index contributed by atoms with van der Waals surface area (Å²) in [6.45, 7) is 0. The normalized spacial score (nSPS) is 10.1. The summed E-state index contributed by atoms with van der Waals surface area (Å²) in [6, 6.07) is 2.58. The van der Waals surface area contributed by atoms with Crippen LogP contribution in [-0.2, 0) is 0 Å². The molecule has 1 N–H and O–H groups in total. The van der Waals surface area contributed by atoms with Gasteiger partial charge in [-0.15, -0.1) is 11.8 Å². The number of halogens is 2. The van der Waals surface area contributed by atoms with Crippen molar-refractivity contribution >= 4 is 29.3 Å². The molecular weight excluding hydrogens is 215 g/mol. The van der Waals surface area contributed by atoms with Gasteiger partial charge in [-0.3, -0.25) is 0 Å². The second-order valence-corrected chi connectivity index (χ2v) is 3.56. The zero-order valence-corrected chi connectivity index (χ0v) is 8.25. The first-order valence-corrected chi connectivity index (χ1v) is 4.93. The first-order valence-electron chi connectivity index (χ1n) is 3.32. The summed E-state index contributed by atoms with van der Waals surface area (Å²) < 4.78 is 13.1. The van der Waals surface area contributed by atoms with Crippen molar-refractivity contribution in [2.75, 3.05) is 6.26 Å². The number of carboxylic acid groups (broad SMARTS) is 1. The van der Waals surface area contributed by atoms with Crippen molar-refractivity contribution in [2.45, 2.75) is 4.90 Å². The van der Waals surface area contributed by atoms with E-state index in [2.05, 4.69) is 0 Å². The number of carbonyl (C=O) groups is 1. The molecule has 0 unspecified atom stereocenters. The van der Waals surface area contributed by atoms with Gasteiger partial charge in [-0.1, -0.05) is 11.6 Å². The van der Waals surface area contributed by atoms with E-state index in [-0.39, 0.29) is 5.02 Å². The highest BCUT2D eigenvalue weighted by molar-refractivity contribution is 7.98. The van der Waals surface area contributed by atoms with E-state index in [1.165, 1.54) is 17.8 Å². The van der Waals surface area contributed by atoms with Crippen molar-refractivity contribution in [1.29, 1.82) is 0 Å². The molecule has 1 rings (SSSR count). The maximum Gasteiger partial charge on any atom is 0.340 e. The molecule has 0 heterocycles. The smallest absolute Gasteiger partial charge is 0.340 e. The summed E-state index contributed by atoms with van der Waals surface area (Å²) in [4.78, 5) is 11.1. The number of rotatable bonds is 2. The topological polar surface area (TPSA) is 37.3 Å². The zero-order valence-electron chi connectivity index (χ0n) is 6.67. The van der Waals surface area contributed by atoms with Crippen LogP contribution in [0.1, 0.15) is 10.4 Å². The van der Waals surface area contributed by atoms with Gasteiger partial charge in [0.05, 0.1) is 5.02 Å². The van der Waals surface area contributed by atoms with E-state index in [0.29, 0.717) is 4.90 Å². The molecule has 0 fully saturated rings. The van der Waals surface area contributed by atoms with Gasteiger partial charge in [-0.2, -0.15) is 0 Å². The minimum absolute atomic E-state index is 0.0724. The molecule has 13 heavy (non-hydrogen) atoms. The fourth-order valence-electron chi connectivity index (χ4n) is 0.872. The highest BCUT2D eigenvalue weighted by Crippen LogP contribution is 2.26. The first kappa shape index (κ1) is 10.3. The fraction of sp³-hybridized carbons (Fsp3) is 0.125. The minimum Gasteiger partial charge on any atom is -0.478 e. The number of hydrogen-bond acceptors (Lipinski definition) is 2. The number of carboxylic acids is 1. The summed E-state index contributed by atoms with van der Waals surface area (Å²) in [5, 5.41) is 8.51. The van der Waals surface area contributed by atoms with Crippen LogP contribution >= 0.6 is 23.4 Å². The van der Waals surface area contributed by atoms with E-state index in [1.807, 2.05) is 0 Å². The Labute approximate surface area is 83.7 Å². The van der Waals surface area contributed by atoms with Gasteiger partial charge in [0.1, 0.15) is 11.4 Å². The summed E-state index contributed by atoms with van der Waals surface area (Å²) in [6.07, 6.45) is 1.76. The summed E-state index contributed by atoms with van der Waals surface area (Å²) in [7, 11) is 0. The van der Waals surface area contributed by atoms with Gasteiger partial charge in [0, 0.05) is 4.90 Å². The van der Waals surface area contributed by atoms with E-state index in [0.717, 1.165) is 6.07 Å². The Balaban J connectivity index is 3.31. The second kappa shape index (κ2) is 3.98. The Morgan fingerprint density at radius 3 is 2.62 bits per heavy atom. The van der Waals surface area contributed by atoms with Gasteiger partial charge in [0.2, 0.25) is 0 Å². The lowest BCUT2D eigenvalue weighted by atomic mass is 10.2. The van der Waals surface area contributed by atoms with Crippen LogP contribution in [0.5, 0.6) is 0 Å². The predicted octanol–water partition coefficient (Wildman–Crippen LogP) is 2.90. The lowest BCUT2D eigenvalue weighted by Crippen LogP contribution is -2.01. The van der Waals surface area contributed by atoms with Gasteiger partial charge >= 0.3 is 5.97 Å². The summed E-state index contributed by atoms with van der Waals surface area (Å²) >= 11 is 6.87. The lowest BCUT2D eigenvalue weighted by molar-refractivity contribution is 0.0692. The second-order valence-electron chi connectivity index (χ2n) is 2.27. The van der Waals surface area contributed by atoms with Gasteiger partial charge in [0.25, 0.3) is 0 Å². The van der Waals surface area contributed by atoms with Crippen molar-refractivity contribution in [3.63, 3.8) is 0 Å². The molecule has 0 aliphatic heterocycles. The first-order chi connectivity index (χ1) is 6.06. The SMILES string of the molecule is CSc1cc(F)c(C(=O)O)c(Cl)c1. The summed E-state index contributed by atoms with van der Waals surface area (Å²) in [5.74, 6) is -2.15. The molecule has 1 aromatic carbocycles. The zero-order chi connectivity index (χ0) is 10.0. The molecule has 0 atom stereocenters. The van der Waals surface area contributed by atoms with Crippen LogP contribution in [0.3, 0.4) is 0 Å². The third-order valence-electron chi connectivity index (χ3n) is 1.47. The maximum atomic E-state index is 13.1. The van der Waals surface area contributed by atoms with Crippen LogP contribution in [0.15, 0.2) is 17.0 Å². The van der Waals surface area contributed by atoms with Crippen molar-refractivity contribution < 1.29 is 14.3 Å². The molecule has 0 spiro atoms. The highest BCUT2D eigenvalue weighted by Gasteiger charge is 2.15. The van der Waals surface area contributed by atoms with Crippen LogP contribution in [0, 0.1) is 5.82 Å². The fourth-order valence-corrected chi connectivity index (χ4v) is 1.68. The molecule has 0 amide bonds. The highest BCUT2D eigenvalue weighted by atomic mass is 35.5. The molecule has 0 aliphatic carbocycles. The Bertz CT molecular complexity index is 331. The number of hydrogen-bond donors (Lipinski definition) is 1. The minimum atomic E-state index is -1.35. The standard InChI is InChI=1S/C8H6ClFO2S/c1-13-4-2-5(9)7(8(11)12)6(10)3-4/h2-3H,1H3,(H,11,12). The van der Waals surface area contributed by atoms with Gasteiger partial charge in [0.15, 0.2) is 0 Å². The van der Waals surface area contributed by atoms with Crippen LogP contribution in [0.2, 0.25) is 5.02 Å². The quantitative estimate of drug-likeness (QED) is 0.779. The van der Waals surface area contributed by atoms with Gasteiger partial charge < -0.3 is 5.11 Å². The molecule has 0 aliphatic rings. The third kappa shape index (κ3) is 2.14. The molecule has 0 saturated heterocycles.